The summed E-state index contributed by atoms with van der Waals surface area (Å²) in [4.78, 5) is 2.06. The lowest BCUT2D eigenvalue weighted by atomic mass is 10.2. The molecule has 1 atom stereocenters. The molecule has 0 spiro atoms. The van der Waals surface area contributed by atoms with E-state index in [9.17, 15) is 8.42 Å². The summed E-state index contributed by atoms with van der Waals surface area (Å²) in [5.74, 6) is 1.35. The molecule has 1 fully saturated rings. The third kappa shape index (κ3) is 4.11. The maximum atomic E-state index is 11.4. The molecular formula is C13H20N2O3S. The second-order valence-corrected chi connectivity index (χ2v) is 7.18. The molecule has 1 aromatic carbocycles. The Labute approximate surface area is 114 Å². The molecule has 1 unspecified atom stereocenters. The predicted octanol–water partition coefficient (Wildman–Crippen LogP) is 0.767. The maximum Gasteiger partial charge on any atom is 0.151 e. The quantitative estimate of drug-likeness (QED) is 0.808. The van der Waals surface area contributed by atoms with Crippen molar-refractivity contribution in [2.75, 3.05) is 37.4 Å². The number of benzene rings is 1. The van der Waals surface area contributed by atoms with E-state index in [1.54, 1.807) is 12.1 Å². The largest absolute Gasteiger partial charge is 0.492 e. The van der Waals surface area contributed by atoms with E-state index < -0.39 is 9.84 Å². The van der Waals surface area contributed by atoms with Gasteiger partial charge < -0.3 is 10.5 Å². The zero-order chi connectivity index (χ0) is 13.9. The van der Waals surface area contributed by atoms with E-state index in [-0.39, 0.29) is 11.8 Å². The first kappa shape index (κ1) is 14.1. The van der Waals surface area contributed by atoms with Gasteiger partial charge in [0.25, 0.3) is 0 Å². The molecule has 6 heteroatoms. The van der Waals surface area contributed by atoms with Crippen LogP contribution in [-0.2, 0) is 9.84 Å². The highest BCUT2D eigenvalue weighted by atomic mass is 32.2. The number of nitrogens with zero attached hydrogens (tertiary/aromatic N) is 1. The van der Waals surface area contributed by atoms with Crippen molar-refractivity contribution in [3.05, 3.63) is 24.3 Å². The number of hydrogen-bond donors (Lipinski definition) is 1. The molecule has 0 radical (unpaired) electrons. The molecule has 0 aromatic heterocycles. The Hall–Kier alpha value is -1.27. The molecule has 1 saturated heterocycles. The van der Waals surface area contributed by atoms with Crippen LogP contribution in [0.15, 0.2) is 24.3 Å². The normalized spacial score (nSPS) is 21.7. The van der Waals surface area contributed by atoms with Gasteiger partial charge in [0.1, 0.15) is 12.4 Å². The molecule has 5 nitrogen and oxygen atoms in total. The average molecular weight is 284 g/mol. The molecule has 1 aliphatic rings. The number of ether oxygens (including phenoxy) is 1. The van der Waals surface area contributed by atoms with E-state index >= 15 is 0 Å². The molecule has 1 aromatic rings. The Morgan fingerprint density at radius 3 is 2.63 bits per heavy atom. The van der Waals surface area contributed by atoms with Crippen molar-refractivity contribution in [1.29, 1.82) is 0 Å². The summed E-state index contributed by atoms with van der Waals surface area (Å²) in [6.07, 6.45) is 0.723. The van der Waals surface area contributed by atoms with Gasteiger partial charge in [0.15, 0.2) is 9.84 Å². The van der Waals surface area contributed by atoms with Crippen LogP contribution in [0.25, 0.3) is 0 Å². The van der Waals surface area contributed by atoms with E-state index in [0.717, 1.165) is 12.2 Å². The second kappa shape index (κ2) is 5.79. The van der Waals surface area contributed by atoms with Gasteiger partial charge in [-0.15, -0.1) is 0 Å². The first-order valence-electron chi connectivity index (χ1n) is 6.35. The smallest absolute Gasteiger partial charge is 0.151 e. The number of nitrogen functional groups attached to an aromatic ring is 1. The van der Waals surface area contributed by atoms with Gasteiger partial charge in [-0.2, -0.15) is 0 Å². The second-order valence-electron chi connectivity index (χ2n) is 4.95. The summed E-state index contributed by atoms with van der Waals surface area (Å²) in [5.41, 5.74) is 6.30. The fourth-order valence-electron chi connectivity index (χ4n) is 2.18. The third-order valence-corrected chi connectivity index (χ3v) is 5.17. The van der Waals surface area contributed by atoms with Crippen molar-refractivity contribution < 1.29 is 13.2 Å². The number of rotatable bonds is 5. The summed E-state index contributed by atoms with van der Waals surface area (Å²) in [5, 5.41) is 0. The zero-order valence-electron chi connectivity index (χ0n) is 11.1. The topological polar surface area (TPSA) is 72.6 Å². The third-order valence-electron chi connectivity index (χ3n) is 3.42. The van der Waals surface area contributed by atoms with E-state index in [2.05, 4.69) is 4.90 Å². The summed E-state index contributed by atoms with van der Waals surface area (Å²) in [6.45, 7) is 1.25. The minimum Gasteiger partial charge on any atom is -0.492 e. The number of nitrogens with two attached hydrogens (primary N) is 1. The van der Waals surface area contributed by atoms with Gasteiger partial charge in [-0.1, -0.05) is 0 Å². The Kier molecular flexibility index (Phi) is 4.31. The Bertz CT molecular complexity index is 513. The summed E-state index contributed by atoms with van der Waals surface area (Å²) in [7, 11) is -0.877. The van der Waals surface area contributed by atoms with Crippen LogP contribution in [0, 0.1) is 0 Å². The molecule has 1 aliphatic heterocycles. The molecule has 0 bridgehead atoms. The lowest BCUT2D eigenvalue weighted by Crippen LogP contribution is -2.35. The highest BCUT2D eigenvalue weighted by Crippen LogP contribution is 2.17. The zero-order valence-corrected chi connectivity index (χ0v) is 11.9. The number of likely N-dealkylation sites (N-methyl/N-ethyl adjacent to an activating group) is 1. The van der Waals surface area contributed by atoms with E-state index in [0.29, 0.717) is 24.6 Å². The fraction of sp³-hybridized carbons (Fsp3) is 0.538. The molecule has 0 amide bonds. The summed E-state index contributed by atoms with van der Waals surface area (Å²) >= 11 is 0. The first-order chi connectivity index (χ1) is 8.96. The molecule has 2 rings (SSSR count). The lowest BCUT2D eigenvalue weighted by molar-refractivity contribution is 0.202. The summed E-state index contributed by atoms with van der Waals surface area (Å²) in [6, 6.07) is 7.37. The van der Waals surface area contributed by atoms with Crippen molar-refractivity contribution >= 4 is 15.5 Å². The van der Waals surface area contributed by atoms with Crippen LogP contribution < -0.4 is 10.5 Å². The van der Waals surface area contributed by atoms with Crippen molar-refractivity contribution in [3.8, 4) is 5.75 Å². The highest BCUT2D eigenvalue weighted by Gasteiger charge is 2.30. The fourth-order valence-corrected chi connectivity index (χ4v) is 3.98. The van der Waals surface area contributed by atoms with Gasteiger partial charge in [0, 0.05) is 18.3 Å². The maximum absolute atomic E-state index is 11.4. The van der Waals surface area contributed by atoms with Crippen LogP contribution >= 0.6 is 0 Å². The van der Waals surface area contributed by atoms with Gasteiger partial charge >= 0.3 is 0 Å². The van der Waals surface area contributed by atoms with E-state index in [1.165, 1.54) is 0 Å². The molecule has 0 saturated carbocycles. The highest BCUT2D eigenvalue weighted by molar-refractivity contribution is 7.91. The molecule has 106 valence electrons. The van der Waals surface area contributed by atoms with Gasteiger partial charge in [-0.05, 0) is 37.7 Å². The Balaban J connectivity index is 1.75. The van der Waals surface area contributed by atoms with Crippen LogP contribution in [0.4, 0.5) is 5.69 Å². The Morgan fingerprint density at radius 1 is 1.37 bits per heavy atom. The molecule has 1 heterocycles. The van der Waals surface area contributed by atoms with Gasteiger partial charge in [0.05, 0.1) is 11.5 Å². The van der Waals surface area contributed by atoms with Crippen LogP contribution in [0.1, 0.15) is 6.42 Å². The van der Waals surface area contributed by atoms with Gasteiger partial charge in [0.2, 0.25) is 0 Å². The molecule has 0 aliphatic carbocycles. The van der Waals surface area contributed by atoms with Crippen molar-refractivity contribution in [2.24, 2.45) is 0 Å². The summed E-state index contributed by atoms with van der Waals surface area (Å²) < 4.78 is 28.4. The van der Waals surface area contributed by atoms with E-state index in [4.69, 9.17) is 10.5 Å². The minimum atomic E-state index is -2.82. The average Bonchev–Trinajstić information content (AvgIpc) is 2.72. The first-order valence-corrected chi connectivity index (χ1v) is 8.17. The molecule has 2 N–H and O–H groups in total. The van der Waals surface area contributed by atoms with E-state index in [1.807, 2.05) is 19.2 Å². The van der Waals surface area contributed by atoms with Gasteiger partial charge in [-0.3, -0.25) is 4.90 Å². The number of hydrogen-bond acceptors (Lipinski definition) is 5. The van der Waals surface area contributed by atoms with Gasteiger partial charge in [-0.25, -0.2) is 8.42 Å². The molecule has 19 heavy (non-hydrogen) atoms. The minimum absolute atomic E-state index is 0.125. The van der Waals surface area contributed by atoms with Crippen LogP contribution in [-0.4, -0.2) is 51.1 Å². The number of anilines is 1. The number of sulfone groups is 1. The van der Waals surface area contributed by atoms with Crippen molar-refractivity contribution in [2.45, 2.75) is 12.5 Å². The monoisotopic (exact) mass is 284 g/mol. The lowest BCUT2D eigenvalue weighted by Gasteiger charge is -2.22. The Morgan fingerprint density at radius 2 is 2.05 bits per heavy atom. The SMILES string of the molecule is CN(CCOc1ccc(N)cc1)C1CCS(=O)(=O)C1. The standard InChI is InChI=1S/C13H20N2O3S/c1-15(12-6-9-19(16,17)10-12)7-8-18-13-4-2-11(14)3-5-13/h2-5,12H,6-10,14H2,1H3. The van der Waals surface area contributed by atoms with Crippen molar-refractivity contribution in [1.82, 2.24) is 4.90 Å². The molecular weight excluding hydrogens is 264 g/mol. The van der Waals surface area contributed by atoms with Crippen LogP contribution in [0.2, 0.25) is 0 Å². The van der Waals surface area contributed by atoms with Crippen molar-refractivity contribution in [3.63, 3.8) is 0 Å². The van der Waals surface area contributed by atoms with Crippen LogP contribution in [0.5, 0.6) is 5.75 Å². The predicted molar refractivity (Wildman–Crippen MR) is 76.0 cm³/mol. The van der Waals surface area contributed by atoms with Crippen LogP contribution in [0.3, 0.4) is 0 Å².